The molecule has 1 atom stereocenters. The van der Waals surface area contributed by atoms with Gasteiger partial charge in [-0.3, -0.25) is 4.79 Å². The van der Waals surface area contributed by atoms with Crippen LogP contribution in [-0.2, 0) is 4.74 Å². The van der Waals surface area contributed by atoms with Gasteiger partial charge in [-0.05, 0) is 37.3 Å². The van der Waals surface area contributed by atoms with Gasteiger partial charge in [0.2, 0.25) is 0 Å². The predicted octanol–water partition coefficient (Wildman–Crippen LogP) is 3.18. The number of nitrogens with zero attached hydrogens (tertiary/aromatic N) is 2. The summed E-state index contributed by atoms with van der Waals surface area (Å²) >= 11 is 1.36. The Bertz CT molecular complexity index is 745. The zero-order valence-electron chi connectivity index (χ0n) is 13.7. The highest BCUT2D eigenvalue weighted by atomic mass is 32.1. The second-order valence-electron chi connectivity index (χ2n) is 5.73. The number of hydrogen-bond donors (Lipinski definition) is 0. The fourth-order valence-corrected chi connectivity index (χ4v) is 3.48. The zero-order chi connectivity index (χ0) is 16.8. The number of rotatable bonds is 2. The molecule has 0 saturated carbocycles. The molecule has 5 heteroatoms. The molecule has 4 nitrogen and oxygen atoms in total. The molecule has 0 radical (unpaired) electrons. The lowest BCUT2D eigenvalue weighted by molar-refractivity contribution is 0.0727. The minimum absolute atomic E-state index is 0.0528. The fraction of sp³-hybridized carbons (Fsp3) is 0.368. The first-order valence-electron chi connectivity index (χ1n) is 8.11. The van der Waals surface area contributed by atoms with Crippen LogP contribution in [-0.4, -0.2) is 42.1 Å². The number of ether oxygens (including phenoxy) is 1. The van der Waals surface area contributed by atoms with Gasteiger partial charge in [-0.25, -0.2) is 4.98 Å². The highest BCUT2D eigenvalue weighted by Crippen LogP contribution is 2.19. The second-order valence-corrected chi connectivity index (χ2v) is 6.76. The number of amides is 1. The molecule has 1 aliphatic heterocycles. The third-order valence-electron chi connectivity index (χ3n) is 4.10. The van der Waals surface area contributed by atoms with Crippen LogP contribution in [0, 0.1) is 11.8 Å². The Kier molecular flexibility index (Phi) is 5.63. The van der Waals surface area contributed by atoms with Gasteiger partial charge < -0.3 is 9.64 Å². The van der Waals surface area contributed by atoms with E-state index in [-0.39, 0.29) is 12.0 Å². The predicted molar refractivity (Wildman–Crippen MR) is 95.1 cm³/mol. The van der Waals surface area contributed by atoms with Gasteiger partial charge >= 0.3 is 0 Å². The molecular formula is C19H20N2O2S. The van der Waals surface area contributed by atoms with Crippen molar-refractivity contribution >= 4 is 17.2 Å². The Hall–Kier alpha value is -2.16. The minimum Gasteiger partial charge on any atom is -0.381 e. The van der Waals surface area contributed by atoms with E-state index >= 15 is 0 Å². The van der Waals surface area contributed by atoms with E-state index < -0.39 is 0 Å². The van der Waals surface area contributed by atoms with Gasteiger partial charge in [-0.1, -0.05) is 24.1 Å². The van der Waals surface area contributed by atoms with Crippen molar-refractivity contribution in [3.63, 3.8) is 0 Å². The number of carbonyl (C=O) groups is 1. The van der Waals surface area contributed by atoms with Crippen LogP contribution < -0.4 is 0 Å². The second kappa shape index (κ2) is 8.09. The van der Waals surface area contributed by atoms with Crippen molar-refractivity contribution in [2.45, 2.75) is 25.4 Å². The molecule has 24 heavy (non-hydrogen) atoms. The number of carbonyl (C=O) groups excluding carboxylic acids is 1. The summed E-state index contributed by atoms with van der Waals surface area (Å²) in [6.45, 7) is 1.52. The monoisotopic (exact) mass is 340 g/mol. The maximum Gasteiger partial charge on any atom is 0.265 e. The van der Waals surface area contributed by atoms with Gasteiger partial charge in [0.1, 0.15) is 4.88 Å². The molecule has 1 unspecified atom stereocenters. The number of aromatic nitrogens is 1. The number of hydrogen-bond acceptors (Lipinski definition) is 4. The first-order valence-corrected chi connectivity index (χ1v) is 8.93. The molecule has 2 aromatic rings. The standard InChI is InChI=1S/C19H20N2O2S/c1-23-16-8-5-12-21(13-11-16)19(22)17-14-20-18(24-17)10-9-15-6-3-2-4-7-15/h2-4,6-7,14,16H,5,8,11-13H2,1H3. The topological polar surface area (TPSA) is 42.4 Å². The van der Waals surface area contributed by atoms with E-state index in [0.29, 0.717) is 9.88 Å². The zero-order valence-corrected chi connectivity index (χ0v) is 14.5. The molecule has 1 amide bonds. The molecule has 3 rings (SSSR count). The summed E-state index contributed by atoms with van der Waals surface area (Å²) in [5.41, 5.74) is 0.943. The van der Waals surface area contributed by atoms with Crippen LogP contribution in [0.25, 0.3) is 0 Å². The van der Waals surface area contributed by atoms with E-state index in [1.54, 1.807) is 13.3 Å². The van der Waals surface area contributed by atoms with E-state index in [0.717, 1.165) is 37.9 Å². The van der Waals surface area contributed by atoms with Gasteiger partial charge in [0.15, 0.2) is 5.01 Å². The molecule has 0 N–H and O–H groups in total. The Balaban J connectivity index is 1.67. The summed E-state index contributed by atoms with van der Waals surface area (Å²) in [6.07, 6.45) is 4.78. The Labute approximate surface area is 146 Å². The lowest BCUT2D eigenvalue weighted by Crippen LogP contribution is -2.31. The first-order chi connectivity index (χ1) is 11.8. The SMILES string of the molecule is COC1CCCN(C(=O)c2cnc(C#Cc3ccccc3)s2)CC1. The molecule has 1 saturated heterocycles. The third-order valence-corrected chi connectivity index (χ3v) is 5.00. The minimum atomic E-state index is 0.0528. The number of benzene rings is 1. The van der Waals surface area contributed by atoms with Crippen molar-refractivity contribution in [3.05, 3.63) is 52.0 Å². The van der Waals surface area contributed by atoms with Crippen molar-refractivity contribution in [1.29, 1.82) is 0 Å². The van der Waals surface area contributed by atoms with Crippen LogP contribution in [0.5, 0.6) is 0 Å². The number of likely N-dealkylation sites (tertiary alicyclic amines) is 1. The summed E-state index contributed by atoms with van der Waals surface area (Å²) < 4.78 is 5.42. The largest absolute Gasteiger partial charge is 0.381 e. The van der Waals surface area contributed by atoms with Crippen molar-refractivity contribution in [2.24, 2.45) is 0 Å². The molecule has 0 aliphatic carbocycles. The molecular weight excluding hydrogens is 320 g/mol. The van der Waals surface area contributed by atoms with Gasteiger partial charge in [0.25, 0.3) is 5.91 Å². The van der Waals surface area contributed by atoms with Gasteiger partial charge in [0.05, 0.1) is 12.3 Å². The Morgan fingerprint density at radius 2 is 2.08 bits per heavy atom. The smallest absolute Gasteiger partial charge is 0.265 e. The van der Waals surface area contributed by atoms with Crippen LogP contribution in [0.1, 0.15) is 39.5 Å². The molecule has 1 aromatic heterocycles. The summed E-state index contributed by atoms with van der Waals surface area (Å²) in [6, 6.07) is 9.77. The van der Waals surface area contributed by atoms with E-state index in [9.17, 15) is 4.79 Å². The van der Waals surface area contributed by atoms with E-state index in [2.05, 4.69) is 16.8 Å². The molecule has 2 heterocycles. The first kappa shape index (κ1) is 16.7. The van der Waals surface area contributed by atoms with Crippen LogP contribution in [0.15, 0.2) is 36.5 Å². The summed E-state index contributed by atoms with van der Waals surface area (Å²) in [5, 5.41) is 0.673. The summed E-state index contributed by atoms with van der Waals surface area (Å²) in [7, 11) is 1.74. The summed E-state index contributed by atoms with van der Waals surface area (Å²) in [4.78, 5) is 19.5. The molecule has 124 valence electrons. The highest BCUT2D eigenvalue weighted by molar-refractivity contribution is 7.14. The quantitative estimate of drug-likeness (QED) is 0.789. The van der Waals surface area contributed by atoms with Gasteiger partial charge in [0, 0.05) is 25.8 Å². The Morgan fingerprint density at radius 1 is 1.25 bits per heavy atom. The van der Waals surface area contributed by atoms with Crippen LogP contribution in [0.4, 0.5) is 0 Å². The molecule has 0 bridgehead atoms. The molecule has 1 aromatic carbocycles. The lowest BCUT2D eigenvalue weighted by atomic mass is 10.2. The summed E-state index contributed by atoms with van der Waals surface area (Å²) in [5.74, 6) is 6.16. The average molecular weight is 340 g/mol. The maximum atomic E-state index is 12.6. The number of methoxy groups -OCH3 is 1. The maximum absolute atomic E-state index is 12.6. The van der Waals surface area contributed by atoms with E-state index in [4.69, 9.17) is 4.74 Å². The normalized spacial score (nSPS) is 17.7. The van der Waals surface area contributed by atoms with E-state index in [1.807, 2.05) is 35.2 Å². The van der Waals surface area contributed by atoms with Crippen LogP contribution in [0.3, 0.4) is 0 Å². The highest BCUT2D eigenvalue weighted by Gasteiger charge is 2.22. The Morgan fingerprint density at radius 3 is 2.88 bits per heavy atom. The molecule has 0 spiro atoms. The number of thiazole rings is 1. The van der Waals surface area contributed by atoms with Crippen LogP contribution >= 0.6 is 11.3 Å². The lowest BCUT2D eigenvalue weighted by Gasteiger charge is -2.19. The molecule has 1 fully saturated rings. The van der Waals surface area contributed by atoms with Crippen molar-refractivity contribution in [3.8, 4) is 11.8 Å². The van der Waals surface area contributed by atoms with Gasteiger partial charge in [-0.15, -0.1) is 11.3 Å². The third kappa shape index (κ3) is 4.22. The van der Waals surface area contributed by atoms with Crippen LogP contribution in [0.2, 0.25) is 0 Å². The molecule has 1 aliphatic rings. The fourth-order valence-electron chi connectivity index (χ4n) is 2.74. The van der Waals surface area contributed by atoms with Crippen molar-refractivity contribution in [1.82, 2.24) is 9.88 Å². The van der Waals surface area contributed by atoms with Gasteiger partial charge in [-0.2, -0.15) is 0 Å². The average Bonchev–Trinajstić information content (AvgIpc) is 2.97. The van der Waals surface area contributed by atoms with E-state index in [1.165, 1.54) is 11.3 Å². The van der Waals surface area contributed by atoms with Crippen molar-refractivity contribution in [2.75, 3.05) is 20.2 Å². The van der Waals surface area contributed by atoms with Crippen molar-refractivity contribution < 1.29 is 9.53 Å².